The summed E-state index contributed by atoms with van der Waals surface area (Å²) >= 11 is 1.75. The number of hydrogen-bond donors (Lipinski definition) is 0. The maximum absolute atomic E-state index is 12.3. The first-order valence-corrected chi connectivity index (χ1v) is 8.93. The molecule has 0 aromatic heterocycles. The normalized spacial score (nSPS) is 20.3. The number of thioether (sulfide) groups is 1. The molecule has 1 aliphatic carbocycles. The zero-order chi connectivity index (χ0) is 13.4. The van der Waals surface area contributed by atoms with Crippen LogP contribution in [0.5, 0.6) is 0 Å². The highest BCUT2D eigenvalue weighted by atomic mass is 32.2. The summed E-state index contributed by atoms with van der Waals surface area (Å²) in [5, 5.41) is 3.47. The van der Waals surface area contributed by atoms with Gasteiger partial charge in [-0.3, -0.25) is 4.21 Å². The molecule has 1 saturated carbocycles. The molecule has 0 amide bonds. The second-order valence-corrected chi connectivity index (χ2v) is 7.42. The lowest BCUT2D eigenvalue weighted by Crippen LogP contribution is -2.18. The van der Waals surface area contributed by atoms with E-state index in [4.69, 9.17) is 0 Å². The van der Waals surface area contributed by atoms with Crippen LogP contribution in [0, 0.1) is 0 Å². The molecule has 104 valence electrons. The van der Waals surface area contributed by atoms with Crippen molar-refractivity contribution in [1.29, 1.82) is 0 Å². The molecule has 0 aromatic carbocycles. The largest absolute Gasteiger partial charge is 0.372 e. The van der Waals surface area contributed by atoms with Crippen LogP contribution in [-0.4, -0.2) is 34.2 Å². The van der Waals surface area contributed by atoms with Gasteiger partial charge in [0, 0.05) is 30.5 Å². The highest BCUT2D eigenvalue weighted by Gasteiger charge is 2.19. The second kappa shape index (κ2) is 8.81. The van der Waals surface area contributed by atoms with E-state index in [-0.39, 0.29) is 0 Å². The molecule has 1 rings (SSSR count). The van der Waals surface area contributed by atoms with Crippen molar-refractivity contribution in [2.45, 2.75) is 44.3 Å². The molecule has 0 unspecified atom stereocenters. The van der Waals surface area contributed by atoms with Crippen LogP contribution in [0.1, 0.15) is 39.0 Å². The molecule has 2 nitrogen and oxygen atoms in total. The Bertz CT molecular complexity index is 318. The van der Waals surface area contributed by atoms with Crippen molar-refractivity contribution in [2.24, 2.45) is 0 Å². The third-order valence-corrected chi connectivity index (χ3v) is 5.97. The van der Waals surface area contributed by atoms with E-state index >= 15 is 0 Å². The number of allylic oxidation sites excluding steroid dienone is 1. The quantitative estimate of drug-likeness (QED) is 0.694. The van der Waals surface area contributed by atoms with Crippen LogP contribution in [0.3, 0.4) is 0 Å². The summed E-state index contributed by atoms with van der Waals surface area (Å²) in [6.07, 6.45) is 10.2. The topological polar surface area (TPSA) is 20.3 Å². The van der Waals surface area contributed by atoms with Crippen LogP contribution in [0.15, 0.2) is 22.6 Å². The molecular weight excluding hydrogens is 262 g/mol. The Morgan fingerprint density at radius 2 is 2.00 bits per heavy atom. The van der Waals surface area contributed by atoms with E-state index < -0.39 is 10.8 Å². The first-order valence-electron chi connectivity index (χ1n) is 6.67. The van der Waals surface area contributed by atoms with Gasteiger partial charge in [-0.2, -0.15) is 0 Å². The fourth-order valence-electron chi connectivity index (χ4n) is 1.99. The monoisotopic (exact) mass is 287 g/mol. The molecule has 1 atom stereocenters. The molecule has 0 N–H and O–H groups in total. The molecule has 0 bridgehead atoms. The zero-order valence-corrected chi connectivity index (χ0v) is 13.4. The fourth-order valence-corrected chi connectivity index (χ4v) is 4.67. The van der Waals surface area contributed by atoms with Gasteiger partial charge in [0.15, 0.2) is 0 Å². The number of rotatable bonds is 6. The highest BCUT2D eigenvalue weighted by molar-refractivity contribution is 8.03. The summed E-state index contributed by atoms with van der Waals surface area (Å²) in [7, 11) is 3.23. The van der Waals surface area contributed by atoms with Crippen LogP contribution in [-0.2, 0) is 10.8 Å². The van der Waals surface area contributed by atoms with Gasteiger partial charge in [0.25, 0.3) is 0 Å². The lowest BCUT2D eigenvalue weighted by Gasteiger charge is -2.21. The lowest BCUT2D eigenvalue weighted by molar-refractivity contribution is 0.506. The number of nitrogens with zero attached hydrogens (tertiary/aromatic N) is 1. The van der Waals surface area contributed by atoms with Gasteiger partial charge in [-0.1, -0.05) is 31.4 Å². The van der Waals surface area contributed by atoms with E-state index in [0.717, 1.165) is 23.6 Å². The van der Waals surface area contributed by atoms with Crippen LogP contribution >= 0.6 is 11.8 Å². The first kappa shape index (κ1) is 15.8. The van der Waals surface area contributed by atoms with Crippen LogP contribution < -0.4 is 0 Å². The van der Waals surface area contributed by atoms with Gasteiger partial charge in [0.1, 0.15) is 0 Å². The Hall–Kier alpha value is -0.220. The van der Waals surface area contributed by atoms with E-state index in [1.54, 1.807) is 11.8 Å². The molecular formula is C14H25NOS2. The van der Waals surface area contributed by atoms with Crippen molar-refractivity contribution in [3.63, 3.8) is 0 Å². The average molecular weight is 287 g/mol. The average Bonchev–Trinajstić information content (AvgIpc) is 2.38. The summed E-state index contributed by atoms with van der Waals surface area (Å²) in [6.45, 7) is 2.03. The lowest BCUT2D eigenvalue weighted by atomic mass is 10.0. The van der Waals surface area contributed by atoms with Crippen LogP contribution in [0.25, 0.3) is 0 Å². The molecule has 4 heteroatoms. The van der Waals surface area contributed by atoms with Gasteiger partial charge in [-0.05, 0) is 19.8 Å². The SMILES string of the molecule is C/C=C\CS/C(=C\[S@@](=O)C1CCCCC1)N(C)C. The van der Waals surface area contributed by atoms with Crippen LogP contribution in [0.4, 0.5) is 0 Å². The Morgan fingerprint density at radius 3 is 2.56 bits per heavy atom. The standard InChI is InChI=1S/C14H25NOS2/c1-4-5-11-17-14(15(2)3)12-18(16)13-9-7-6-8-10-13/h4-5,12-13H,6-11H2,1-3H3/b5-4-,14-12-/t18-/m1/s1. The summed E-state index contributed by atoms with van der Waals surface area (Å²) in [5.41, 5.74) is 0. The maximum atomic E-state index is 12.3. The van der Waals surface area contributed by atoms with Crippen LogP contribution in [0.2, 0.25) is 0 Å². The van der Waals surface area contributed by atoms with Gasteiger partial charge >= 0.3 is 0 Å². The molecule has 0 heterocycles. The summed E-state index contributed by atoms with van der Waals surface area (Å²) in [6, 6.07) is 0. The minimum absolute atomic E-state index is 0.385. The minimum Gasteiger partial charge on any atom is -0.372 e. The maximum Gasteiger partial charge on any atom is 0.0795 e. The van der Waals surface area contributed by atoms with Gasteiger partial charge in [0.05, 0.1) is 15.8 Å². The van der Waals surface area contributed by atoms with Gasteiger partial charge in [-0.25, -0.2) is 0 Å². The van der Waals surface area contributed by atoms with Gasteiger partial charge in [-0.15, -0.1) is 11.8 Å². The molecule has 18 heavy (non-hydrogen) atoms. The van der Waals surface area contributed by atoms with Gasteiger partial charge < -0.3 is 4.90 Å². The third-order valence-electron chi connectivity index (χ3n) is 3.10. The van der Waals surface area contributed by atoms with Crippen molar-refractivity contribution in [1.82, 2.24) is 4.90 Å². The summed E-state index contributed by atoms with van der Waals surface area (Å²) < 4.78 is 12.3. The van der Waals surface area contributed by atoms with Gasteiger partial charge in [0.2, 0.25) is 0 Å². The molecule has 0 radical (unpaired) electrons. The number of hydrogen-bond acceptors (Lipinski definition) is 3. The van der Waals surface area contributed by atoms with E-state index in [0.29, 0.717) is 5.25 Å². The van der Waals surface area contributed by atoms with E-state index in [1.165, 1.54) is 19.3 Å². The Balaban J connectivity index is 2.59. The molecule has 1 fully saturated rings. The molecule has 0 aliphatic heterocycles. The molecule has 1 aliphatic rings. The molecule has 0 saturated heterocycles. The van der Waals surface area contributed by atoms with Crippen molar-refractivity contribution in [2.75, 3.05) is 19.8 Å². The predicted octanol–water partition coefficient (Wildman–Crippen LogP) is 3.74. The minimum atomic E-state index is -0.811. The van der Waals surface area contributed by atoms with Crippen molar-refractivity contribution >= 4 is 22.6 Å². The van der Waals surface area contributed by atoms with E-state index in [1.807, 2.05) is 26.4 Å². The Kier molecular flexibility index (Phi) is 7.75. The van der Waals surface area contributed by atoms with E-state index in [2.05, 4.69) is 17.1 Å². The Labute approximate surface area is 118 Å². The summed E-state index contributed by atoms with van der Waals surface area (Å²) in [5.74, 6) is 0.947. The smallest absolute Gasteiger partial charge is 0.0795 e. The summed E-state index contributed by atoms with van der Waals surface area (Å²) in [4.78, 5) is 2.06. The molecule has 0 spiro atoms. The van der Waals surface area contributed by atoms with Crippen molar-refractivity contribution in [3.8, 4) is 0 Å². The zero-order valence-electron chi connectivity index (χ0n) is 11.7. The molecule has 0 aromatic rings. The first-order chi connectivity index (χ1) is 8.65. The van der Waals surface area contributed by atoms with Crippen molar-refractivity contribution < 1.29 is 4.21 Å². The Morgan fingerprint density at radius 1 is 1.33 bits per heavy atom. The predicted molar refractivity (Wildman–Crippen MR) is 84.1 cm³/mol. The highest BCUT2D eigenvalue weighted by Crippen LogP contribution is 2.25. The third kappa shape index (κ3) is 5.61. The fraction of sp³-hybridized carbons (Fsp3) is 0.714. The second-order valence-electron chi connectivity index (χ2n) is 4.82. The van der Waals surface area contributed by atoms with Crippen molar-refractivity contribution in [3.05, 3.63) is 22.6 Å². The van der Waals surface area contributed by atoms with E-state index in [9.17, 15) is 4.21 Å².